The number of halogens is 1. The lowest BCUT2D eigenvalue weighted by Gasteiger charge is -2.34. The first-order valence-corrected chi connectivity index (χ1v) is 4.52. The van der Waals surface area contributed by atoms with Crippen LogP contribution in [0.3, 0.4) is 0 Å². The molecule has 0 aliphatic carbocycles. The van der Waals surface area contributed by atoms with E-state index < -0.39 is 0 Å². The first-order chi connectivity index (χ1) is 5.58. The molecule has 0 N–H and O–H groups in total. The van der Waals surface area contributed by atoms with Crippen molar-refractivity contribution in [1.29, 1.82) is 0 Å². The van der Waals surface area contributed by atoms with Crippen LogP contribution < -0.4 is 0 Å². The van der Waals surface area contributed by atoms with Crippen molar-refractivity contribution >= 4 is 16.8 Å². The topological polar surface area (TPSA) is 29.5 Å². The fourth-order valence-corrected chi connectivity index (χ4v) is 1.76. The number of hydrogen-bond donors (Lipinski definition) is 0. The fourth-order valence-electron chi connectivity index (χ4n) is 1.59. The van der Waals surface area contributed by atoms with E-state index >= 15 is 0 Å². The van der Waals surface area contributed by atoms with Crippen molar-refractivity contribution in [2.24, 2.45) is 0 Å². The molecule has 0 aromatic carbocycles. The number of rotatable bonds is 2. The maximum Gasteiger partial charge on any atom is 0.235 e. The van der Waals surface area contributed by atoms with E-state index in [0.29, 0.717) is 6.54 Å². The van der Waals surface area contributed by atoms with Crippen LogP contribution in [0, 0.1) is 0 Å². The van der Waals surface area contributed by atoms with Crippen molar-refractivity contribution in [2.45, 2.75) is 26.1 Å². The molecule has 4 heteroatoms. The zero-order valence-corrected chi connectivity index (χ0v) is 8.17. The van der Waals surface area contributed by atoms with Gasteiger partial charge in [0.05, 0.1) is 18.8 Å². The van der Waals surface area contributed by atoms with E-state index in [1.165, 1.54) is 0 Å². The Morgan fingerprint density at radius 3 is 2.42 bits per heavy atom. The first kappa shape index (κ1) is 9.96. The molecule has 1 rings (SSSR count). The Morgan fingerprint density at radius 1 is 1.50 bits per heavy atom. The minimum atomic E-state index is -0.295. The third-order valence-corrected chi connectivity index (χ3v) is 1.96. The minimum Gasteiger partial charge on any atom is -0.373 e. The number of carbonyl (C=O) groups is 1. The van der Waals surface area contributed by atoms with E-state index in [9.17, 15) is 4.79 Å². The molecule has 0 bridgehead atoms. The number of nitrogens with zero attached hydrogens (tertiary/aromatic N) is 1. The van der Waals surface area contributed by atoms with Gasteiger partial charge in [-0.15, -0.1) is 0 Å². The van der Waals surface area contributed by atoms with Gasteiger partial charge in [0, 0.05) is 13.1 Å². The predicted octanol–water partition coefficient (Wildman–Crippen LogP) is 0.861. The van der Waals surface area contributed by atoms with Gasteiger partial charge in [-0.3, -0.25) is 9.69 Å². The molecule has 3 nitrogen and oxygen atoms in total. The maximum absolute atomic E-state index is 10.6. The molecule has 1 fully saturated rings. The monoisotopic (exact) mass is 191 g/mol. The highest BCUT2D eigenvalue weighted by atomic mass is 35.5. The van der Waals surface area contributed by atoms with Gasteiger partial charge >= 0.3 is 0 Å². The molecule has 1 aliphatic heterocycles. The van der Waals surface area contributed by atoms with Crippen molar-refractivity contribution in [3.63, 3.8) is 0 Å². The summed E-state index contributed by atoms with van der Waals surface area (Å²) in [7, 11) is 0. The average molecular weight is 192 g/mol. The SMILES string of the molecule is CC1CN(CC(=O)Cl)CC(C)O1. The van der Waals surface area contributed by atoms with Gasteiger partial charge in [-0.05, 0) is 25.4 Å². The zero-order chi connectivity index (χ0) is 9.14. The molecule has 0 spiro atoms. The maximum atomic E-state index is 10.6. The second-order valence-corrected chi connectivity index (χ2v) is 3.73. The van der Waals surface area contributed by atoms with Crippen molar-refractivity contribution < 1.29 is 9.53 Å². The van der Waals surface area contributed by atoms with Crippen molar-refractivity contribution in [3.05, 3.63) is 0 Å². The van der Waals surface area contributed by atoms with E-state index in [-0.39, 0.29) is 17.5 Å². The number of ether oxygens (including phenoxy) is 1. The standard InChI is InChI=1S/C8H14ClNO2/c1-6-3-10(5-8(9)11)4-7(2)12-6/h6-7H,3-5H2,1-2H3. The molecule has 1 saturated heterocycles. The molecule has 0 saturated carbocycles. The molecular formula is C8H14ClNO2. The molecule has 1 heterocycles. The van der Waals surface area contributed by atoms with E-state index in [1.54, 1.807) is 0 Å². The Kier molecular flexibility index (Phi) is 3.50. The van der Waals surface area contributed by atoms with E-state index in [1.807, 2.05) is 18.7 Å². The Morgan fingerprint density at radius 2 is 2.00 bits per heavy atom. The first-order valence-electron chi connectivity index (χ1n) is 4.14. The van der Waals surface area contributed by atoms with Gasteiger partial charge in [-0.25, -0.2) is 0 Å². The zero-order valence-electron chi connectivity index (χ0n) is 7.42. The highest BCUT2D eigenvalue weighted by Gasteiger charge is 2.22. The lowest BCUT2D eigenvalue weighted by Crippen LogP contribution is -2.46. The Hall–Kier alpha value is -0.120. The number of morpholine rings is 1. The molecule has 0 aromatic heterocycles. The van der Waals surface area contributed by atoms with Gasteiger partial charge in [0.2, 0.25) is 5.24 Å². The molecular weight excluding hydrogens is 178 g/mol. The summed E-state index contributed by atoms with van der Waals surface area (Å²) >= 11 is 5.29. The number of carbonyl (C=O) groups excluding carboxylic acids is 1. The van der Waals surface area contributed by atoms with Gasteiger partial charge in [-0.1, -0.05) is 0 Å². The van der Waals surface area contributed by atoms with Crippen LogP contribution in [0.4, 0.5) is 0 Å². The summed E-state index contributed by atoms with van der Waals surface area (Å²) in [4.78, 5) is 12.6. The summed E-state index contributed by atoms with van der Waals surface area (Å²) in [6, 6.07) is 0. The summed E-state index contributed by atoms with van der Waals surface area (Å²) in [5, 5.41) is -0.295. The van der Waals surface area contributed by atoms with E-state index in [2.05, 4.69) is 0 Å². The molecule has 1 aliphatic rings. The van der Waals surface area contributed by atoms with Crippen molar-refractivity contribution in [2.75, 3.05) is 19.6 Å². The van der Waals surface area contributed by atoms with Gasteiger partial charge in [0.25, 0.3) is 0 Å². The summed E-state index contributed by atoms with van der Waals surface area (Å²) < 4.78 is 5.50. The largest absolute Gasteiger partial charge is 0.373 e. The van der Waals surface area contributed by atoms with Crippen LogP contribution in [0.25, 0.3) is 0 Å². The van der Waals surface area contributed by atoms with Crippen LogP contribution in [0.5, 0.6) is 0 Å². The van der Waals surface area contributed by atoms with Crippen LogP contribution in [-0.2, 0) is 9.53 Å². The predicted molar refractivity (Wildman–Crippen MR) is 47.3 cm³/mol. The molecule has 2 atom stereocenters. The highest BCUT2D eigenvalue weighted by Crippen LogP contribution is 2.10. The lowest BCUT2D eigenvalue weighted by molar-refractivity contribution is -0.116. The summed E-state index contributed by atoms with van der Waals surface area (Å²) in [5.74, 6) is 0. The quantitative estimate of drug-likeness (QED) is 0.607. The highest BCUT2D eigenvalue weighted by molar-refractivity contribution is 6.64. The van der Waals surface area contributed by atoms with Gasteiger partial charge < -0.3 is 4.74 Å². The van der Waals surface area contributed by atoms with Crippen LogP contribution in [-0.4, -0.2) is 42.0 Å². The Balaban J connectivity index is 2.38. The van der Waals surface area contributed by atoms with Crippen LogP contribution in [0.1, 0.15) is 13.8 Å². The summed E-state index contributed by atoms with van der Waals surface area (Å²) in [6.45, 7) is 5.92. The van der Waals surface area contributed by atoms with Gasteiger partial charge in [-0.2, -0.15) is 0 Å². The van der Waals surface area contributed by atoms with Crippen LogP contribution in [0.15, 0.2) is 0 Å². The third kappa shape index (κ3) is 3.09. The smallest absolute Gasteiger partial charge is 0.235 e. The van der Waals surface area contributed by atoms with Crippen LogP contribution in [0.2, 0.25) is 0 Å². The summed E-state index contributed by atoms with van der Waals surface area (Å²) in [5.41, 5.74) is 0. The van der Waals surface area contributed by atoms with Crippen molar-refractivity contribution in [1.82, 2.24) is 4.90 Å². The van der Waals surface area contributed by atoms with E-state index in [0.717, 1.165) is 13.1 Å². The Labute approximate surface area is 77.6 Å². The molecule has 70 valence electrons. The molecule has 0 amide bonds. The molecule has 0 aromatic rings. The average Bonchev–Trinajstić information content (AvgIpc) is 1.81. The van der Waals surface area contributed by atoms with Crippen molar-refractivity contribution in [3.8, 4) is 0 Å². The van der Waals surface area contributed by atoms with Crippen LogP contribution >= 0.6 is 11.6 Å². The van der Waals surface area contributed by atoms with Gasteiger partial charge in [0.15, 0.2) is 0 Å². The van der Waals surface area contributed by atoms with Gasteiger partial charge in [0.1, 0.15) is 0 Å². The fraction of sp³-hybridized carbons (Fsp3) is 0.875. The molecule has 0 radical (unpaired) electrons. The second-order valence-electron chi connectivity index (χ2n) is 3.31. The minimum absolute atomic E-state index is 0.199. The second kappa shape index (κ2) is 4.21. The lowest BCUT2D eigenvalue weighted by atomic mass is 10.2. The third-order valence-electron chi connectivity index (χ3n) is 1.84. The molecule has 2 unspecified atom stereocenters. The van der Waals surface area contributed by atoms with E-state index in [4.69, 9.17) is 16.3 Å². The number of hydrogen-bond acceptors (Lipinski definition) is 3. The molecule has 12 heavy (non-hydrogen) atoms. The summed E-state index contributed by atoms with van der Waals surface area (Å²) in [6.07, 6.45) is 0.398. The normalized spacial score (nSPS) is 31.9. The Bertz CT molecular complexity index is 164.